The average molecular weight is 272 g/mol. The maximum atomic E-state index is 11.8. The molecule has 0 atom stereocenters. The smallest absolute Gasteiger partial charge is 0.244 e. The van der Waals surface area contributed by atoms with Gasteiger partial charge in [-0.05, 0) is 51.5 Å². The van der Waals surface area contributed by atoms with Crippen molar-refractivity contribution >= 4 is 12.0 Å². The molecule has 0 saturated carbocycles. The Balaban J connectivity index is 2.71. The number of nitrogens with one attached hydrogen (secondary N) is 1. The van der Waals surface area contributed by atoms with Crippen LogP contribution in [0.15, 0.2) is 30.3 Å². The van der Waals surface area contributed by atoms with E-state index in [0.29, 0.717) is 5.56 Å². The Labute approximate surface area is 119 Å². The molecule has 1 aromatic rings. The number of carbonyl (C=O) groups excluding carboxylic acids is 1. The third-order valence-electron chi connectivity index (χ3n) is 3.43. The zero-order valence-electron chi connectivity index (χ0n) is 12.3. The molecule has 20 heavy (non-hydrogen) atoms. The number of aliphatic hydroxyl groups is 1. The molecule has 0 radical (unpaired) electrons. The van der Waals surface area contributed by atoms with Gasteiger partial charge in [0.05, 0.1) is 22.8 Å². The van der Waals surface area contributed by atoms with Gasteiger partial charge in [0.25, 0.3) is 0 Å². The number of nitriles is 1. The van der Waals surface area contributed by atoms with Crippen LogP contribution >= 0.6 is 0 Å². The summed E-state index contributed by atoms with van der Waals surface area (Å²) in [6.07, 6.45) is 3.08. The summed E-state index contributed by atoms with van der Waals surface area (Å²) in [6, 6.07) is 8.96. The number of hydrogen-bond acceptors (Lipinski definition) is 3. The van der Waals surface area contributed by atoms with Crippen LogP contribution in [-0.2, 0) is 4.79 Å². The molecule has 0 unspecified atom stereocenters. The number of nitrogens with zero attached hydrogens (tertiary/aromatic N) is 1. The summed E-state index contributed by atoms with van der Waals surface area (Å²) >= 11 is 0. The van der Waals surface area contributed by atoms with Crippen LogP contribution < -0.4 is 5.32 Å². The second kappa shape index (κ2) is 5.89. The largest absolute Gasteiger partial charge is 0.388 e. The first-order chi connectivity index (χ1) is 9.15. The Kier molecular flexibility index (Phi) is 4.69. The van der Waals surface area contributed by atoms with Gasteiger partial charge in [0.2, 0.25) is 5.91 Å². The van der Waals surface area contributed by atoms with Crippen molar-refractivity contribution in [1.82, 2.24) is 5.32 Å². The van der Waals surface area contributed by atoms with Gasteiger partial charge in [0.1, 0.15) is 0 Å². The summed E-state index contributed by atoms with van der Waals surface area (Å²) in [5.74, 6) is -0.276. The average Bonchev–Trinajstić information content (AvgIpc) is 2.35. The summed E-state index contributed by atoms with van der Waals surface area (Å²) in [6.45, 7) is 6.83. The molecule has 2 N–H and O–H groups in total. The molecule has 1 amide bonds. The predicted octanol–water partition coefficient (Wildman–Crippen LogP) is 2.24. The van der Waals surface area contributed by atoms with E-state index in [1.807, 2.05) is 6.07 Å². The van der Waals surface area contributed by atoms with Crippen LogP contribution in [0.2, 0.25) is 0 Å². The van der Waals surface area contributed by atoms with E-state index >= 15 is 0 Å². The molecule has 0 aliphatic carbocycles. The maximum absolute atomic E-state index is 11.8. The Morgan fingerprint density at radius 1 is 1.25 bits per heavy atom. The Morgan fingerprint density at radius 3 is 2.25 bits per heavy atom. The van der Waals surface area contributed by atoms with E-state index in [2.05, 4.69) is 5.32 Å². The van der Waals surface area contributed by atoms with Crippen LogP contribution in [0.25, 0.3) is 6.08 Å². The molecule has 1 aromatic carbocycles. The molecule has 1 rings (SSSR count). The van der Waals surface area contributed by atoms with Gasteiger partial charge in [-0.1, -0.05) is 12.1 Å². The van der Waals surface area contributed by atoms with Crippen LogP contribution in [0, 0.1) is 11.3 Å². The summed E-state index contributed by atoms with van der Waals surface area (Å²) < 4.78 is 0. The first-order valence-electron chi connectivity index (χ1n) is 6.38. The quantitative estimate of drug-likeness (QED) is 0.825. The van der Waals surface area contributed by atoms with E-state index in [9.17, 15) is 9.90 Å². The lowest BCUT2D eigenvalue weighted by molar-refractivity contribution is -0.121. The topological polar surface area (TPSA) is 73.1 Å². The van der Waals surface area contributed by atoms with Crippen molar-refractivity contribution in [3.8, 4) is 6.07 Å². The van der Waals surface area contributed by atoms with E-state index < -0.39 is 11.1 Å². The van der Waals surface area contributed by atoms with Crippen molar-refractivity contribution in [2.24, 2.45) is 0 Å². The van der Waals surface area contributed by atoms with Crippen molar-refractivity contribution in [3.05, 3.63) is 41.5 Å². The monoisotopic (exact) mass is 272 g/mol. The first-order valence-corrected chi connectivity index (χ1v) is 6.38. The number of carbonyl (C=O) groups is 1. The number of rotatable bonds is 4. The highest BCUT2D eigenvalue weighted by Crippen LogP contribution is 2.20. The lowest BCUT2D eigenvalue weighted by atomic mass is 9.86. The molecule has 4 nitrogen and oxygen atoms in total. The third-order valence-corrected chi connectivity index (χ3v) is 3.43. The molecule has 4 heteroatoms. The van der Waals surface area contributed by atoms with E-state index in [4.69, 9.17) is 5.26 Å². The molecule has 0 aliphatic rings. The highest BCUT2D eigenvalue weighted by molar-refractivity contribution is 5.92. The van der Waals surface area contributed by atoms with Gasteiger partial charge in [-0.25, -0.2) is 0 Å². The first kappa shape index (κ1) is 15.9. The summed E-state index contributed by atoms with van der Waals surface area (Å²) in [4.78, 5) is 11.8. The molecule has 0 saturated heterocycles. The van der Waals surface area contributed by atoms with Gasteiger partial charge in [-0.3, -0.25) is 4.79 Å². The second-order valence-corrected chi connectivity index (χ2v) is 5.74. The van der Waals surface area contributed by atoms with E-state index in [-0.39, 0.29) is 5.91 Å². The van der Waals surface area contributed by atoms with Crippen molar-refractivity contribution in [1.29, 1.82) is 5.26 Å². The summed E-state index contributed by atoms with van der Waals surface area (Å²) in [7, 11) is 0. The Hall–Kier alpha value is -2.12. The fraction of sp³-hybridized carbons (Fsp3) is 0.375. The maximum Gasteiger partial charge on any atom is 0.244 e. The van der Waals surface area contributed by atoms with Crippen molar-refractivity contribution in [2.75, 3.05) is 0 Å². The molecular formula is C16H20N2O2. The molecule has 0 spiro atoms. The van der Waals surface area contributed by atoms with Crippen molar-refractivity contribution in [3.63, 3.8) is 0 Å². The normalized spacial score (nSPS) is 12.2. The van der Waals surface area contributed by atoms with E-state index in [0.717, 1.165) is 5.56 Å². The highest BCUT2D eigenvalue weighted by Gasteiger charge is 2.35. The van der Waals surface area contributed by atoms with Crippen molar-refractivity contribution < 1.29 is 9.90 Å². The number of amides is 1. The number of benzene rings is 1. The predicted molar refractivity (Wildman–Crippen MR) is 78.7 cm³/mol. The van der Waals surface area contributed by atoms with Crippen LogP contribution in [0.3, 0.4) is 0 Å². The lowest BCUT2D eigenvalue weighted by Crippen LogP contribution is -2.57. The third kappa shape index (κ3) is 4.22. The van der Waals surface area contributed by atoms with E-state index in [1.165, 1.54) is 6.08 Å². The minimum Gasteiger partial charge on any atom is -0.388 e. The van der Waals surface area contributed by atoms with Gasteiger partial charge in [0, 0.05) is 6.08 Å². The van der Waals surface area contributed by atoms with Gasteiger partial charge in [-0.2, -0.15) is 5.26 Å². The molecule has 0 fully saturated rings. The minimum atomic E-state index is -1.02. The van der Waals surface area contributed by atoms with Gasteiger partial charge < -0.3 is 10.4 Å². The Bertz CT molecular complexity index is 543. The minimum absolute atomic E-state index is 0.276. The molecule has 0 heterocycles. The summed E-state index contributed by atoms with van der Waals surface area (Å²) in [5, 5.41) is 21.4. The highest BCUT2D eigenvalue weighted by atomic mass is 16.3. The van der Waals surface area contributed by atoms with Gasteiger partial charge in [-0.15, -0.1) is 0 Å². The number of hydrogen-bond donors (Lipinski definition) is 2. The molecule has 0 aromatic heterocycles. The zero-order valence-corrected chi connectivity index (χ0v) is 12.3. The fourth-order valence-electron chi connectivity index (χ4n) is 1.34. The molecule has 0 aliphatic heterocycles. The van der Waals surface area contributed by atoms with Crippen molar-refractivity contribution in [2.45, 2.75) is 38.8 Å². The van der Waals surface area contributed by atoms with Gasteiger partial charge >= 0.3 is 0 Å². The Morgan fingerprint density at radius 2 is 1.80 bits per heavy atom. The van der Waals surface area contributed by atoms with Crippen LogP contribution in [0.4, 0.5) is 0 Å². The SMILES string of the molecule is CC(C)(O)C(C)(C)NC(=O)/C=C/c1ccc(C#N)cc1. The van der Waals surface area contributed by atoms with Crippen LogP contribution in [-0.4, -0.2) is 22.2 Å². The van der Waals surface area contributed by atoms with Crippen LogP contribution in [0.1, 0.15) is 38.8 Å². The van der Waals surface area contributed by atoms with Gasteiger partial charge in [0.15, 0.2) is 0 Å². The lowest BCUT2D eigenvalue weighted by Gasteiger charge is -2.37. The second-order valence-electron chi connectivity index (χ2n) is 5.74. The standard InChI is InChI=1S/C16H20N2O2/c1-15(2,16(3,4)20)18-14(19)10-9-12-5-7-13(11-17)8-6-12/h5-10,20H,1-4H3,(H,18,19)/b10-9+. The van der Waals surface area contributed by atoms with Crippen LogP contribution in [0.5, 0.6) is 0 Å². The molecular weight excluding hydrogens is 252 g/mol. The molecule has 106 valence electrons. The zero-order chi connectivity index (χ0) is 15.4. The van der Waals surface area contributed by atoms with E-state index in [1.54, 1.807) is 58.0 Å². The summed E-state index contributed by atoms with van der Waals surface area (Å²) in [5.41, 5.74) is -0.348. The molecule has 0 bridgehead atoms. The fourth-order valence-corrected chi connectivity index (χ4v) is 1.34.